The van der Waals surface area contributed by atoms with Crippen molar-refractivity contribution in [1.29, 1.82) is 0 Å². The van der Waals surface area contributed by atoms with Gasteiger partial charge in [-0.1, -0.05) is 29.4 Å². The number of benzene rings is 2. The third-order valence-corrected chi connectivity index (χ3v) is 5.60. The molecule has 0 saturated heterocycles. The lowest BCUT2D eigenvalue weighted by Crippen LogP contribution is -2.16. The first kappa shape index (κ1) is 15.5. The average Bonchev–Trinajstić information content (AvgIpc) is 2.85. The highest BCUT2D eigenvalue weighted by Gasteiger charge is 2.14. The molecule has 1 heterocycles. The molecule has 0 unspecified atom stereocenters. The summed E-state index contributed by atoms with van der Waals surface area (Å²) in [7, 11) is -3.94. The first-order valence-electron chi connectivity index (χ1n) is 6.60. The van der Waals surface area contributed by atoms with Crippen LogP contribution in [-0.4, -0.2) is 13.0 Å². The standard InChI is InChI=1S/C16H11FN2O2S2/c1-2-11-19-14-5-3-4-6-15(14)22-16(19)18-23(20,21)13-9-7-12(17)8-10-13/h1,3-10H,11H2. The summed E-state index contributed by atoms with van der Waals surface area (Å²) in [5, 5.41) is 0. The molecule has 0 amide bonds. The molecule has 0 fully saturated rings. The van der Waals surface area contributed by atoms with Crippen molar-refractivity contribution in [1.82, 2.24) is 4.57 Å². The number of hydrogen-bond donors (Lipinski definition) is 0. The summed E-state index contributed by atoms with van der Waals surface area (Å²) in [6, 6.07) is 12.0. The van der Waals surface area contributed by atoms with E-state index in [4.69, 9.17) is 6.42 Å². The quantitative estimate of drug-likeness (QED) is 0.685. The maximum absolute atomic E-state index is 13.0. The lowest BCUT2D eigenvalue weighted by molar-refractivity contribution is 0.594. The van der Waals surface area contributed by atoms with Crippen LogP contribution in [0.5, 0.6) is 0 Å². The zero-order valence-corrected chi connectivity index (χ0v) is 13.4. The molecular weight excluding hydrogens is 335 g/mol. The SMILES string of the molecule is C#CCn1c(=NS(=O)(=O)c2ccc(F)cc2)sc2ccccc21. The van der Waals surface area contributed by atoms with Crippen LogP contribution in [0.4, 0.5) is 4.39 Å². The van der Waals surface area contributed by atoms with Crippen LogP contribution >= 0.6 is 11.3 Å². The van der Waals surface area contributed by atoms with Crippen molar-refractivity contribution in [3.8, 4) is 12.3 Å². The first-order chi connectivity index (χ1) is 11.0. The number of thiazole rings is 1. The van der Waals surface area contributed by atoms with E-state index in [1.807, 2.05) is 24.3 Å². The molecule has 0 aliphatic rings. The zero-order valence-electron chi connectivity index (χ0n) is 11.8. The van der Waals surface area contributed by atoms with Gasteiger partial charge in [0.25, 0.3) is 10.0 Å². The minimum atomic E-state index is -3.94. The van der Waals surface area contributed by atoms with Crippen LogP contribution in [-0.2, 0) is 16.6 Å². The van der Waals surface area contributed by atoms with Gasteiger partial charge in [-0.25, -0.2) is 4.39 Å². The van der Waals surface area contributed by atoms with Gasteiger partial charge in [-0.2, -0.15) is 8.42 Å². The number of sulfonamides is 1. The Morgan fingerprint density at radius 3 is 2.57 bits per heavy atom. The third-order valence-electron chi connectivity index (χ3n) is 3.15. The minimum absolute atomic E-state index is 0.0661. The Kier molecular flexibility index (Phi) is 4.03. The highest BCUT2D eigenvalue weighted by atomic mass is 32.2. The fraction of sp³-hybridized carbons (Fsp3) is 0.0625. The molecule has 7 heteroatoms. The molecule has 4 nitrogen and oxygen atoms in total. The highest BCUT2D eigenvalue weighted by molar-refractivity contribution is 7.90. The zero-order chi connectivity index (χ0) is 16.4. The van der Waals surface area contributed by atoms with E-state index >= 15 is 0 Å². The lowest BCUT2D eigenvalue weighted by atomic mass is 10.3. The number of fused-ring (bicyclic) bond motifs is 1. The molecule has 116 valence electrons. The number of rotatable bonds is 3. The largest absolute Gasteiger partial charge is 0.304 e. The van der Waals surface area contributed by atoms with Crippen LogP contribution < -0.4 is 4.80 Å². The monoisotopic (exact) mass is 346 g/mol. The molecule has 2 aromatic carbocycles. The summed E-state index contributed by atoms with van der Waals surface area (Å²) in [5.74, 6) is 1.99. The number of aromatic nitrogens is 1. The number of halogens is 1. The molecule has 23 heavy (non-hydrogen) atoms. The molecule has 1 aromatic heterocycles. The van der Waals surface area contributed by atoms with Crippen LogP contribution in [0, 0.1) is 18.2 Å². The second-order valence-electron chi connectivity index (χ2n) is 4.66. The van der Waals surface area contributed by atoms with Crippen molar-refractivity contribution >= 4 is 31.6 Å². The number of hydrogen-bond acceptors (Lipinski definition) is 3. The summed E-state index contributed by atoms with van der Waals surface area (Å²) in [6.07, 6.45) is 5.37. The Labute approximate surface area is 136 Å². The first-order valence-corrected chi connectivity index (χ1v) is 8.85. The predicted molar refractivity (Wildman–Crippen MR) is 87.8 cm³/mol. The molecule has 3 aromatic rings. The number of nitrogens with zero attached hydrogens (tertiary/aromatic N) is 2. The van der Waals surface area contributed by atoms with E-state index in [-0.39, 0.29) is 16.2 Å². The molecular formula is C16H11FN2O2S2. The Morgan fingerprint density at radius 2 is 1.87 bits per heavy atom. The summed E-state index contributed by atoms with van der Waals surface area (Å²) >= 11 is 1.24. The van der Waals surface area contributed by atoms with Crippen LogP contribution in [0.1, 0.15) is 0 Å². The van der Waals surface area contributed by atoms with Crippen molar-refractivity contribution in [2.75, 3.05) is 0 Å². The summed E-state index contributed by atoms with van der Waals surface area (Å²) in [6.45, 7) is 0.210. The fourth-order valence-electron chi connectivity index (χ4n) is 2.10. The lowest BCUT2D eigenvalue weighted by Gasteiger charge is -2.00. The molecule has 0 aliphatic carbocycles. The Balaban J connectivity index is 2.22. The van der Waals surface area contributed by atoms with Gasteiger partial charge < -0.3 is 4.57 Å². The average molecular weight is 346 g/mol. The van der Waals surface area contributed by atoms with Gasteiger partial charge >= 0.3 is 0 Å². The van der Waals surface area contributed by atoms with E-state index in [9.17, 15) is 12.8 Å². The number of para-hydroxylation sites is 1. The summed E-state index contributed by atoms with van der Waals surface area (Å²) < 4.78 is 44.2. The van der Waals surface area contributed by atoms with Crippen molar-refractivity contribution < 1.29 is 12.8 Å². The second-order valence-corrected chi connectivity index (χ2v) is 7.28. The third kappa shape index (κ3) is 3.04. The van der Waals surface area contributed by atoms with Gasteiger partial charge in [0, 0.05) is 0 Å². The smallest absolute Gasteiger partial charge is 0.285 e. The van der Waals surface area contributed by atoms with Crippen molar-refractivity contribution in [2.24, 2.45) is 4.40 Å². The van der Waals surface area contributed by atoms with E-state index < -0.39 is 15.8 Å². The van der Waals surface area contributed by atoms with Crippen LogP contribution in [0.3, 0.4) is 0 Å². The van der Waals surface area contributed by atoms with Crippen molar-refractivity contribution in [3.05, 3.63) is 59.1 Å². The van der Waals surface area contributed by atoms with E-state index in [1.54, 1.807) is 4.57 Å². The van der Waals surface area contributed by atoms with Gasteiger partial charge in [-0.3, -0.25) is 0 Å². The maximum Gasteiger partial charge on any atom is 0.285 e. The van der Waals surface area contributed by atoms with Crippen molar-refractivity contribution in [2.45, 2.75) is 11.4 Å². The molecule has 3 rings (SSSR count). The van der Waals surface area contributed by atoms with Crippen molar-refractivity contribution in [3.63, 3.8) is 0 Å². The molecule has 0 radical (unpaired) electrons. The molecule has 0 aliphatic heterocycles. The van der Waals surface area contributed by atoms with Crippen LogP contribution in [0.2, 0.25) is 0 Å². The summed E-state index contributed by atoms with van der Waals surface area (Å²) in [4.78, 5) is 0.220. The highest BCUT2D eigenvalue weighted by Crippen LogP contribution is 2.18. The van der Waals surface area contributed by atoms with E-state index in [1.165, 1.54) is 23.5 Å². The van der Waals surface area contributed by atoms with Gasteiger partial charge in [-0.05, 0) is 36.4 Å². The topological polar surface area (TPSA) is 51.4 Å². The van der Waals surface area contributed by atoms with Crippen LogP contribution in [0.15, 0.2) is 57.8 Å². The number of terminal acetylenes is 1. The molecule has 0 spiro atoms. The Bertz CT molecular complexity index is 1070. The normalized spacial score (nSPS) is 12.4. The molecule has 0 N–H and O–H groups in total. The Morgan fingerprint density at radius 1 is 1.17 bits per heavy atom. The summed E-state index contributed by atoms with van der Waals surface area (Å²) in [5.41, 5.74) is 0.823. The van der Waals surface area contributed by atoms with E-state index in [2.05, 4.69) is 10.3 Å². The van der Waals surface area contributed by atoms with Gasteiger partial charge in [0.05, 0.1) is 21.7 Å². The Hall–Kier alpha value is -2.43. The van der Waals surface area contributed by atoms with E-state index in [0.717, 1.165) is 22.3 Å². The van der Waals surface area contributed by atoms with Gasteiger partial charge in [0.1, 0.15) is 5.82 Å². The minimum Gasteiger partial charge on any atom is -0.304 e. The van der Waals surface area contributed by atoms with Gasteiger partial charge in [0.2, 0.25) is 4.80 Å². The molecule has 0 saturated carbocycles. The molecule has 0 atom stereocenters. The second kappa shape index (κ2) is 5.99. The van der Waals surface area contributed by atoms with Crippen LogP contribution in [0.25, 0.3) is 10.2 Å². The maximum atomic E-state index is 13.0. The van der Waals surface area contributed by atoms with Gasteiger partial charge in [-0.15, -0.1) is 10.8 Å². The molecule has 0 bridgehead atoms. The van der Waals surface area contributed by atoms with E-state index in [0.29, 0.717) is 0 Å². The fourth-order valence-corrected chi connectivity index (χ4v) is 4.33. The van der Waals surface area contributed by atoms with Gasteiger partial charge in [0.15, 0.2) is 0 Å². The predicted octanol–water partition coefficient (Wildman–Crippen LogP) is 2.76.